The number of esters is 2. The van der Waals surface area contributed by atoms with E-state index in [0.717, 1.165) is 51.4 Å². The summed E-state index contributed by atoms with van der Waals surface area (Å²) in [6.07, 6.45) is 19.3. The van der Waals surface area contributed by atoms with E-state index in [9.17, 15) is 14.4 Å². The van der Waals surface area contributed by atoms with Crippen molar-refractivity contribution >= 4 is 11.9 Å². The van der Waals surface area contributed by atoms with E-state index in [2.05, 4.69) is 13.8 Å². The second-order valence-electron chi connectivity index (χ2n) is 9.20. The van der Waals surface area contributed by atoms with Crippen LogP contribution in [0.2, 0.25) is 0 Å². The van der Waals surface area contributed by atoms with Gasteiger partial charge in [-0.05, 0) is 37.1 Å². The first-order chi connectivity index (χ1) is 16.6. The SMILES string of the molecule is CCCCCCCCCCCCCC(=O)Oc1ccc(OC(=O)CCCCCCC)c(=O)cc1. The van der Waals surface area contributed by atoms with Crippen LogP contribution in [0.5, 0.6) is 11.5 Å². The van der Waals surface area contributed by atoms with Gasteiger partial charge in [-0.1, -0.05) is 104 Å². The van der Waals surface area contributed by atoms with Crippen LogP contribution in [0, 0.1) is 0 Å². The molecule has 5 heteroatoms. The summed E-state index contributed by atoms with van der Waals surface area (Å²) >= 11 is 0. The van der Waals surface area contributed by atoms with Crippen LogP contribution < -0.4 is 14.9 Å². The lowest BCUT2D eigenvalue weighted by Gasteiger charge is -2.04. The quantitative estimate of drug-likeness (QED) is 0.142. The van der Waals surface area contributed by atoms with Gasteiger partial charge in [-0.15, -0.1) is 0 Å². The maximum atomic E-state index is 12.2. The molecule has 0 amide bonds. The highest BCUT2D eigenvalue weighted by Crippen LogP contribution is 2.15. The van der Waals surface area contributed by atoms with Crippen LogP contribution in [-0.2, 0) is 9.59 Å². The smallest absolute Gasteiger partial charge is 0.311 e. The third-order valence-electron chi connectivity index (χ3n) is 5.97. The van der Waals surface area contributed by atoms with Gasteiger partial charge in [-0.25, -0.2) is 0 Å². The van der Waals surface area contributed by atoms with Gasteiger partial charge in [-0.2, -0.15) is 0 Å². The predicted molar refractivity (Wildman–Crippen MR) is 138 cm³/mol. The molecule has 0 unspecified atom stereocenters. The summed E-state index contributed by atoms with van der Waals surface area (Å²) in [5, 5.41) is 0. The summed E-state index contributed by atoms with van der Waals surface area (Å²) in [6.45, 7) is 4.38. The molecule has 1 rings (SSSR count). The Balaban J connectivity index is 2.25. The number of unbranched alkanes of at least 4 members (excludes halogenated alkanes) is 14. The number of hydrogen-bond donors (Lipinski definition) is 0. The maximum Gasteiger partial charge on any atom is 0.311 e. The summed E-state index contributed by atoms with van der Waals surface area (Å²) in [4.78, 5) is 36.3. The first kappa shape index (κ1) is 29.9. The van der Waals surface area contributed by atoms with E-state index >= 15 is 0 Å². The highest BCUT2D eigenvalue weighted by Gasteiger charge is 2.09. The van der Waals surface area contributed by atoms with Gasteiger partial charge >= 0.3 is 11.9 Å². The molecule has 192 valence electrons. The molecule has 0 aromatic heterocycles. The first-order valence-corrected chi connectivity index (χ1v) is 13.6. The van der Waals surface area contributed by atoms with Crippen LogP contribution in [0.25, 0.3) is 0 Å². The van der Waals surface area contributed by atoms with Crippen LogP contribution in [0.3, 0.4) is 0 Å². The number of hydrogen-bond acceptors (Lipinski definition) is 5. The molecule has 0 bridgehead atoms. The Morgan fingerprint density at radius 2 is 0.971 bits per heavy atom. The van der Waals surface area contributed by atoms with Crippen LogP contribution in [0.4, 0.5) is 0 Å². The molecule has 0 atom stereocenters. The van der Waals surface area contributed by atoms with Gasteiger partial charge in [0.25, 0.3) is 0 Å². The number of rotatable bonds is 20. The van der Waals surface area contributed by atoms with E-state index in [0.29, 0.717) is 12.8 Å². The normalized spacial score (nSPS) is 10.8. The van der Waals surface area contributed by atoms with Crippen LogP contribution in [-0.4, -0.2) is 11.9 Å². The lowest BCUT2D eigenvalue weighted by molar-refractivity contribution is -0.135. The van der Waals surface area contributed by atoms with Crippen LogP contribution in [0.15, 0.2) is 29.1 Å². The van der Waals surface area contributed by atoms with Crippen molar-refractivity contribution in [3.05, 3.63) is 34.5 Å². The van der Waals surface area contributed by atoms with Gasteiger partial charge in [0, 0.05) is 12.8 Å². The average Bonchev–Trinajstić information content (AvgIpc) is 2.98. The third kappa shape index (κ3) is 15.6. The Morgan fingerprint density at radius 3 is 1.47 bits per heavy atom. The Bertz CT molecular complexity index is 743. The Labute approximate surface area is 206 Å². The molecule has 0 radical (unpaired) electrons. The molecule has 0 spiro atoms. The number of carbonyl (C=O) groups excluding carboxylic acids is 2. The average molecular weight is 475 g/mol. The van der Waals surface area contributed by atoms with E-state index in [4.69, 9.17) is 9.47 Å². The Hall–Kier alpha value is -2.17. The Morgan fingerprint density at radius 1 is 0.559 bits per heavy atom. The van der Waals surface area contributed by atoms with E-state index in [1.54, 1.807) is 0 Å². The van der Waals surface area contributed by atoms with Crippen LogP contribution in [0.1, 0.15) is 129 Å². The molecule has 0 N–H and O–H groups in total. The predicted octanol–water partition coefficient (Wildman–Crippen LogP) is 7.92. The maximum absolute atomic E-state index is 12.2. The van der Waals surface area contributed by atoms with Crippen molar-refractivity contribution in [1.29, 1.82) is 0 Å². The molecule has 0 fully saturated rings. The Kier molecular flexibility index (Phi) is 17.8. The zero-order valence-corrected chi connectivity index (χ0v) is 21.6. The van der Waals surface area contributed by atoms with Crippen molar-refractivity contribution < 1.29 is 19.1 Å². The standard InChI is InChI=1S/C29H46O5/c1-3-5-7-9-10-11-12-13-14-16-18-19-28(31)33-25-21-23-26(30)27(24-22-25)34-29(32)20-17-15-8-6-4-2/h21-24H,3-20H2,1-2H3. The van der Waals surface area contributed by atoms with Gasteiger partial charge in [0.05, 0.1) is 0 Å². The largest absolute Gasteiger partial charge is 0.427 e. The third-order valence-corrected chi connectivity index (χ3v) is 5.97. The van der Waals surface area contributed by atoms with E-state index in [1.807, 2.05) is 0 Å². The molecular weight excluding hydrogens is 428 g/mol. The van der Waals surface area contributed by atoms with E-state index in [1.165, 1.54) is 75.6 Å². The molecule has 0 saturated carbocycles. The van der Waals surface area contributed by atoms with Crippen LogP contribution >= 0.6 is 0 Å². The molecule has 1 aromatic rings. The minimum Gasteiger partial charge on any atom is -0.427 e. The molecular formula is C29H46O5. The fraction of sp³-hybridized carbons (Fsp3) is 0.690. The molecule has 0 heterocycles. The van der Waals surface area contributed by atoms with Crippen molar-refractivity contribution in [2.45, 2.75) is 129 Å². The fourth-order valence-electron chi connectivity index (χ4n) is 3.85. The summed E-state index contributed by atoms with van der Waals surface area (Å²) in [7, 11) is 0. The van der Waals surface area contributed by atoms with Gasteiger partial charge < -0.3 is 9.47 Å². The van der Waals surface area contributed by atoms with E-state index < -0.39 is 11.4 Å². The molecule has 0 aliphatic carbocycles. The van der Waals surface area contributed by atoms with E-state index in [-0.39, 0.29) is 17.5 Å². The number of carbonyl (C=O) groups is 2. The second-order valence-corrected chi connectivity index (χ2v) is 9.20. The first-order valence-electron chi connectivity index (χ1n) is 13.6. The number of ether oxygens (including phenoxy) is 2. The summed E-state index contributed by atoms with van der Waals surface area (Å²) < 4.78 is 10.6. The zero-order chi connectivity index (χ0) is 24.9. The summed E-state index contributed by atoms with van der Waals surface area (Å²) in [6, 6.07) is 5.63. The molecule has 5 nitrogen and oxygen atoms in total. The minimum atomic E-state index is -0.410. The van der Waals surface area contributed by atoms with Crippen molar-refractivity contribution in [3.63, 3.8) is 0 Å². The van der Waals surface area contributed by atoms with Gasteiger partial charge in [0.15, 0.2) is 5.75 Å². The highest BCUT2D eigenvalue weighted by atomic mass is 16.5. The lowest BCUT2D eigenvalue weighted by Crippen LogP contribution is -2.12. The highest BCUT2D eigenvalue weighted by molar-refractivity contribution is 5.73. The molecule has 0 aliphatic rings. The molecule has 34 heavy (non-hydrogen) atoms. The zero-order valence-electron chi connectivity index (χ0n) is 21.6. The van der Waals surface area contributed by atoms with Gasteiger partial charge in [0.1, 0.15) is 5.75 Å². The van der Waals surface area contributed by atoms with Gasteiger partial charge in [-0.3, -0.25) is 14.4 Å². The second kappa shape index (κ2) is 20.2. The van der Waals surface area contributed by atoms with Crippen molar-refractivity contribution in [1.82, 2.24) is 0 Å². The summed E-state index contributed by atoms with van der Waals surface area (Å²) in [5.74, 6) is -0.465. The molecule has 0 aliphatic heterocycles. The van der Waals surface area contributed by atoms with Gasteiger partial charge in [0.2, 0.25) is 5.43 Å². The molecule has 1 aromatic carbocycles. The monoisotopic (exact) mass is 474 g/mol. The fourth-order valence-corrected chi connectivity index (χ4v) is 3.85. The summed E-state index contributed by atoms with van der Waals surface area (Å²) in [5.41, 5.74) is -0.410. The topological polar surface area (TPSA) is 69.7 Å². The van der Waals surface area contributed by atoms with Crippen molar-refractivity contribution in [3.8, 4) is 11.5 Å². The van der Waals surface area contributed by atoms with Crippen molar-refractivity contribution in [2.75, 3.05) is 0 Å². The molecule has 0 saturated heterocycles. The van der Waals surface area contributed by atoms with Crippen molar-refractivity contribution in [2.24, 2.45) is 0 Å². The lowest BCUT2D eigenvalue weighted by atomic mass is 10.1. The minimum absolute atomic E-state index is 0.0359.